The fraction of sp³-hybridized carbons (Fsp3) is 0. The highest BCUT2D eigenvalue weighted by Gasteiger charge is 2.12. The number of anilines is 2. The third-order valence-electron chi connectivity index (χ3n) is 2.41. The molecular weight excluding hydrogens is 487 g/mol. The van der Waals surface area contributed by atoms with Crippen molar-refractivity contribution in [2.24, 2.45) is 0 Å². The zero-order valence-electron chi connectivity index (χ0n) is 9.58. The molecule has 0 aliphatic heterocycles. The van der Waals surface area contributed by atoms with Gasteiger partial charge in [-0.3, -0.25) is 4.79 Å². The quantitative estimate of drug-likeness (QED) is 0.471. The SMILES string of the molecule is Nc1cc(Br)cc(Br)c1NC(=O)c1cccc(I)c1. The van der Waals surface area contributed by atoms with Crippen LogP contribution in [0.25, 0.3) is 0 Å². The largest absolute Gasteiger partial charge is 0.397 e. The topological polar surface area (TPSA) is 55.1 Å². The lowest BCUT2D eigenvalue weighted by atomic mass is 10.2. The van der Waals surface area contributed by atoms with Crippen LogP contribution >= 0.6 is 54.5 Å². The Hall–Kier alpha value is -0.600. The van der Waals surface area contributed by atoms with Crippen LogP contribution in [0, 0.1) is 3.57 Å². The Morgan fingerprint density at radius 3 is 2.58 bits per heavy atom. The molecule has 0 atom stereocenters. The Morgan fingerprint density at radius 1 is 1.21 bits per heavy atom. The van der Waals surface area contributed by atoms with E-state index in [4.69, 9.17) is 5.73 Å². The average Bonchev–Trinajstić information content (AvgIpc) is 2.33. The van der Waals surface area contributed by atoms with Gasteiger partial charge in [0.2, 0.25) is 0 Å². The lowest BCUT2D eigenvalue weighted by Gasteiger charge is -2.11. The van der Waals surface area contributed by atoms with Gasteiger partial charge in [-0.2, -0.15) is 0 Å². The first kappa shape index (κ1) is 14.8. The summed E-state index contributed by atoms with van der Waals surface area (Å²) in [5.41, 5.74) is 7.58. The zero-order valence-corrected chi connectivity index (χ0v) is 14.9. The number of nitrogens with one attached hydrogen (secondary N) is 1. The van der Waals surface area contributed by atoms with E-state index in [9.17, 15) is 4.79 Å². The molecule has 3 N–H and O–H groups in total. The maximum Gasteiger partial charge on any atom is 0.255 e. The van der Waals surface area contributed by atoms with Crippen LogP contribution in [0.4, 0.5) is 11.4 Å². The summed E-state index contributed by atoms with van der Waals surface area (Å²) in [6.07, 6.45) is 0. The van der Waals surface area contributed by atoms with Gasteiger partial charge in [-0.25, -0.2) is 0 Å². The number of rotatable bonds is 2. The first-order chi connectivity index (χ1) is 8.97. The van der Waals surface area contributed by atoms with E-state index in [-0.39, 0.29) is 5.91 Å². The molecule has 1 amide bonds. The van der Waals surface area contributed by atoms with Crippen molar-refractivity contribution in [2.75, 3.05) is 11.1 Å². The Bertz CT molecular complexity index is 623. The molecule has 3 nitrogen and oxygen atoms in total. The van der Waals surface area contributed by atoms with Crippen molar-refractivity contribution in [1.82, 2.24) is 0 Å². The second-order valence-corrected chi connectivity index (χ2v) is 6.83. The van der Waals surface area contributed by atoms with Crippen molar-refractivity contribution < 1.29 is 4.79 Å². The number of hydrogen-bond acceptors (Lipinski definition) is 2. The summed E-state index contributed by atoms with van der Waals surface area (Å²) in [5, 5.41) is 2.81. The Morgan fingerprint density at radius 2 is 1.95 bits per heavy atom. The van der Waals surface area contributed by atoms with E-state index < -0.39 is 0 Å². The minimum atomic E-state index is -0.187. The van der Waals surface area contributed by atoms with Gasteiger partial charge in [0.1, 0.15) is 0 Å². The molecule has 6 heteroatoms. The summed E-state index contributed by atoms with van der Waals surface area (Å²) in [4.78, 5) is 12.2. The average molecular weight is 496 g/mol. The summed E-state index contributed by atoms with van der Waals surface area (Å²) in [6, 6.07) is 10.9. The molecule has 0 fully saturated rings. The number of carbonyl (C=O) groups is 1. The van der Waals surface area contributed by atoms with E-state index in [1.807, 2.05) is 24.3 Å². The lowest BCUT2D eigenvalue weighted by Crippen LogP contribution is -2.13. The van der Waals surface area contributed by atoms with Crippen LogP contribution in [0.1, 0.15) is 10.4 Å². The van der Waals surface area contributed by atoms with Crippen molar-refractivity contribution >= 4 is 71.7 Å². The molecule has 0 aliphatic carbocycles. The van der Waals surface area contributed by atoms with Crippen molar-refractivity contribution in [3.63, 3.8) is 0 Å². The van der Waals surface area contributed by atoms with Crippen LogP contribution in [-0.2, 0) is 0 Å². The van der Waals surface area contributed by atoms with Gasteiger partial charge in [0.05, 0.1) is 11.4 Å². The second-order valence-electron chi connectivity index (χ2n) is 3.82. The number of benzene rings is 2. The van der Waals surface area contributed by atoms with Gasteiger partial charge in [-0.1, -0.05) is 22.0 Å². The van der Waals surface area contributed by atoms with Gasteiger partial charge < -0.3 is 11.1 Å². The highest BCUT2D eigenvalue weighted by atomic mass is 127. The fourth-order valence-corrected chi connectivity index (χ4v) is 3.44. The standard InChI is InChI=1S/C13H9Br2IN2O/c14-8-5-10(15)12(11(17)6-8)18-13(19)7-2-1-3-9(16)4-7/h1-6H,17H2,(H,18,19). The molecule has 0 unspecified atom stereocenters. The number of amides is 1. The normalized spacial score (nSPS) is 10.3. The highest BCUT2D eigenvalue weighted by molar-refractivity contribution is 14.1. The third kappa shape index (κ3) is 3.70. The molecular formula is C13H9Br2IN2O. The van der Waals surface area contributed by atoms with Gasteiger partial charge in [0, 0.05) is 18.1 Å². The molecule has 0 spiro atoms. The Labute approximate surface area is 141 Å². The van der Waals surface area contributed by atoms with Gasteiger partial charge in [-0.05, 0) is 68.9 Å². The van der Waals surface area contributed by atoms with Crippen molar-refractivity contribution in [3.8, 4) is 0 Å². The van der Waals surface area contributed by atoms with Gasteiger partial charge in [0.25, 0.3) is 5.91 Å². The zero-order chi connectivity index (χ0) is 14.0. The molecule has 2 rings (SSSR count). The third-order valence-corrected chi connectivity index (χ3v) is 4.17. The maximum absolute atomic E-state index is 12.2. The predicted octanol–water partition coefficient (Wildman–Crippen LogP) is 4.65. The van der Waals surface area contributed by atoms with E-state index in [1.165, 1.54) is 0 Å². The first-order valence-corrected chi connectivity index (χ1v) is 7.95. The van der Waals surface area contributed by atoms with Gasteiger partial charge in [-0.15, -0.1) is 0 Å². The Kier molecular flexibility index (Phi) is 4.86. The Balaban J connectivity index is 2.29. The molecule has 2 aromatic rings. The van der Waals surface area contributed by atoms with Crippen molar-refractivity contribution in [2.45, 2.75) is 0 Å². The van der Waals surface area contributed by atoms with Crippen molar-refractivity contribution in [3.05, 3.63) is 54.5 Å². The van der Waals surface area contributed by atoms with E-state index in [2.05, 4.69) is 59.8 Å². The van der Waals surface area contributed by atoms with Crippen LogP contribution in [0.3, 0.4) is 0 Å². The van der Waals surface area contributed by atoms with E-state index in [1.54, 1.807) is 12.1 Å². The molecule has 0 heterocycles. The minimum absolute atomic E-state index is 0.187. The molecule has 98 valence electrons. The smallest absolute Gasteiger partial charge is 0.255 e. The molecule has 0 aliphatic rings. The molecule has 0 radical (unpaired) electrons. The van der Waals surface area contributed by atoms with E-state index >= 15 is 0 Å². The van der Waals surface area contributed by atoms with Crippen LogP contribution < -0.4 is 11.1 Å². The lowest BCUT2D eigenvalue weighted by molar-refractivity contribution is 0.102. The monoisotopic (exact) mass is 494 g/mol. The van der Waals surface area contributed by atoms with Crippen molar-refractivity contribution in [1.29, 1.82) is 0 Å². The van der Waals surface area contributed by atoms with Gasteiger partial charge >= 0.3 is 0 Å². The summed E-state index contributed by atoms with van der Waals surface area (Å²) in [5.74, 6) is -0.187. The summed E-state index contributed by atoms with van der Waals surface area (Å²) in [6.45, 7) is 0. The van der Waals surface area contributed by atoms with Crippen LogP contribution in [0.15, 0.2) is 45.3 Å². The van der Waals surface area contributed by atoms with E-state index in [0.717, 1.165) is 12.5 Å². The minimum Gasteiger partial charge on any atom is -0.397 e. The predicted molar refractivity (Wildman–Crippen MR) is 93.4 cm³/mol. The van der Waals surface area contributed by atoms with Gasteiger partial charge in [0.15, 0.2) is 0 Å². The number of hydrogen-bond donors (Lipinski definition) is 2. The summed E-state index contributed by atoms with van der Waals surface area (Å²) >= 11 is 8.90. The first-order valence-electron chi connectivity index (χ1n) is 5.29. The number of halogens is 3. The molecule has 0 bridgehead atoms. The summed E-state index contributed by atoms with van der Waals surface area (Å²) in [7, 11) is 0. The number of carbonyl (C=O) groups excluding carboxylic acids is 1. The fourth-order valence-electron chi connectivity index (χ4n) is 1.54. The van der Waals surface area contributed by atoms with Crippen LogP contribution in [0.2, 0.25) is 0 Å². The highest BCUT2D eigenvalue weighted by Crippen LogP contribution is 2.32. The molecule has 0 saturated carbocycles. The number of nitrogens with two attached hydrogens (primary N) is 1. The van der Waals surface area contributed by atoms with Crippen LogP contribution in [0.5, 0.6) is 0 Å². The molecule has 19 heavy (non-hydrogen) atoms. The maximum atomic E-state index is 12.2. The van der Waals surface area contributed by atoms with E-state index in [0.29, 0.717) is 16.9 Å². The second kappa shape index (κ2) is 6.23. The molecule has 0 saturated heterocycles. The number of nitrogen functional groups attached to an aromatic ring is 1. The summed E-state index contributed by atoms with van der Waals surface area (Å²) < 4.78 is 2.59. The molecule has 2 aromatic carbocycles. The van der Waals surface area contributed by atoms with Crippen LogP contribution in [-0.4, -0.2) is 5.91 Å². The molecule has 0 aromatic heterocycles.